The highest BCUT2D eigenvalue weighted by Gasteiger charge is 2.34. The van der Waals surface area contributed by atoms with E-state index in [1.807, 2.05) is 4.90 Å². The Bertz CT molecular complexity index is 1170. The van der Waals surface area contributed by atoms with Gasteiger partial charge in [0, 0.05) is 44.5 Å². The Hall–Kier alpha value is -3.14. The van der Waals surface area contributed by atoms with Crippen LogP contribution in [0, 0.1) is 11.7 Å². The molecular formula is C22H25FN4O5. The van der Waals surface area contributed by atoms with Crippen LogP contribution < -0.4 is 25.7 Å². The highest BCUT2D eigenvalue weighted by Crippen LogP contribution is 2.44. The Morgan fingerprint density at radius 1 is 1.28 bits per heavy atom. The summed E-state index contributed by atoms with van der Waals surface area (Å²) in [4.78, 5) is 38.5. The number of carboxylic acid groups (broad SMARTS) is 1. The van der Waals surface area contributed by atoms with Crippen LogP contribution in [0.2, 0.25) is 0 Å². The summed E-state index contributed by atoms with van der Waals surface area (Å²) in [5, 5.41) is 15.6. The van der Waals surface area contributed by atoms with Crippen LogP contribution >= 0.6 is 0 Å². The molecule has 1 unspecified atom stereocenters. The zero-order valence-electron chi connectivity index (χ0n) is 17.7. The van der Waals surface area contributed by atoms with E-state index in [9.17, 15) is 19.5 Å². The molecule has 0 bridgehead atoms. The van der Waals surface area contributed by atoms with E-state index in [1.165, 1.54) is 13.3 Å². The summed E-state index contributed by atoms with van der Waals surface area (Å²) in [6, 6.07) is 1.06. The van der Waals surface area contributed by atoms with Gasteiger partial charge in [-0.05, 0) is 25.3 Å². The number of carbonyl (C=O) groups is 2. The summed E-state index contributed by atoms with van der Waals surface area (Å²) in [6.07, 6.45) is 3.70. The molecule has 1 amide bonds. The minimum Gasteiger partial charge on any atom is -0.492 e. The number of carbonyl (C=O) groups excluding carboxylic acids is 1. The fourth-order valence-corrected chi connectivity index (χ4v) is 4.60. The lowest BCUT2D eigenvalue weighted by molar-refractivity contribution is -0.127. The number of benzene rings is 1. The quantitative estimate of drug-likeness (QED) is 0.612. The van der Waals surface area contributed by atoms with Gasteiger partial charge in [-0.3, -0.25) is 9.59 Å². The molecule has 32 heavy (non-hydrogen) atoms. The van der Waals surface area contributed by atoms with Crippen molar-refractivity contribution in [1.82, 2.24) is 15.2 Å². The largest absolute Gasteiger partial charge is 0.492 e. The molecule has 170 valence electrons. The number of methoxy groups -OCH3 is 1. The number of fused-ring (bicyclic) bond motifs is 1. The van der Waals surface area contributed by atoms with Crippen LogP contribution in [0.25, 0.3) is 10.9 Å². The van der Waals surface area contributed by atoms with Gasteiger partial charge in [-0.15, -0.1) is 0 Å². The van der Waals surface area contributed by atoms with Gasteiger partial charge in [0.2, 0.25) is 11.3 Å². The maximum atomic E-state index is 15.3. The number of carboxylic acids is 1. The lowest BCUT2D eigenvalue weighted by Gasteiger charge is -2.28. The minimum atomic E-state index is -1.34. The highest BCUT2D eigenvalue weighted by molar-refractivity contribution is 5.97. The van der Waals surface area contributed by atoms with Gasteiger partial charge >= 0.3 is 5.97 Å². The van der Waals surface area contributed by atoms with E-state index < -0.39 is 17.2 Å². The lowest BCUT2D eigenvalue weighted by Crippen LogP contribution is -2.53. The molecule has 3 heterocycles. The molecule has 3 aliphatic rings. The predicted octanol–water partition coefficient (Wildman–Crippen LogP) is 1.10. The first-order chi connectivity index (χ1) is 15.4. The molecule has 10 heteroatoms. The average Bonchev–Trinajstić information content (AvgIpc) is 3.45. The van der Waals surface area contributed by atoms with E-state index >= 15 is 4.39 Å². The Balaban J connectivity index is 1.55. The number of anilines is 1. The maximum Gasteiger partial charge on any atom is 0.341 e. The van der Waals surface area contributed by atoms with E-state index in [0.29, 0.717) is 38.1 Å². The van der Waals surface area contributed by atoms with Gasteiger partial charge in [-0.25, -0.2) is 9.18 Å². The average molecular weight is 444 g/mol. The molecule has 3 fully saturated rings. The second kappa shape index (κ2) is 7.77. The standard InChI is InChI=1S/C22H25FN4O5/c1-32-20-17-14(19(28)15(22(30)31)10-27(17)13-2-3-13)6-16(23)18(20)26-5-4-12(9-26)25-21(29)11-7-24-8-11/h6,10-13,24H,2-5,7-9H2,1H3,(H,25,29)(H,30,31). The van der Waals surface area contributed by atoms with Crippen molar-refractivity contribution in [3.05, 3.63) is 33.9 Å². The van der Waals surface area contributed by atoms with Crippen molar-refractivity contribution >= 4 is 28.5 Å². The molecule has 0 spiro atoms. The summed E-state index contributed by atoms with van der Waals surface area (Å²) in [7, 11) is 1.42. The number of hydrogen-bond donors (Lipinski definition) is 3. The van der Waals surface area contributed by atoms with Crippen molar-refractivity contribution in [2.75, 3.05) is 38.2 Å². The van der Waals surface area contributed by atoms with Crippen LogP contribution in [0.3, 0.4) is 0 Å². The Morgan fingerprint density at radius 2 is 2.03 bits per heavy atom. The molecule has 2 saturated heterocycles. The summed E-state index contributed by atoms with van der Waals surface area (Å²) in [5.41, 5.74) is -0.463. The maximum absolute atomic E-state index is 15.3. The van der Waals surface area contributed by atoms with E-state index in [0.717, 1.165) is 18.9 Å². The number of amides is 1. The summed E-state index contributed by atoms with van der Waals surface area (Å²) in [5.74, 6) is -1.78. The van der Waals surface area contributed by atoms with Gasteiger partial charge in [0.25, 0.3) is 0 Å². The second-order valence-corrected chi connectivity index (χ2v) is 8.75. The molecule has 2 aromatic rings. The molecule has 3 N–H and O–H groups in total. The molecule has 1 aliphatic carbocycles. The third kappa shape index (κ3) is 3.38. The topological polar surface area (TPSA) is 113 Å². The van der Waals surface area contributed by atoms with Crippen LogP contribution in [-0.4, -0.2) is 60.9 Å². The zero-order chi connectivity index (χ0) is 22.6. The predicted molar refractivity (Wildman–Crippen MR) is 115 cm³/mol. The molecular weight excluding hydrogens is 419 g/mol. The first-order valence-electron chi connectivity index (χ1n) is 10.8. The molecule has 1 atom stereocenters. The number of halogens is 1. The monoisotopic (exact) mass is 444 g/mol. The number of hydrogen-bond acceptors (Lipinski definition) is 6. The molecule has 0 radical (unpaired) electrons. The second-order valence-electron chi connectivity index (χ2n) is 8.75. The molecule has 2 aliphatic heterocycles. The van der Waals surface area contributed by atoms with E-state index in [1.54, 1.807) is 4.57 Å². The van der Waals surface area contributed by atoms with Gasteiger partial charge in [-0.2, -0.15) is 0 Å². The molecule has 1 aromatic heterocycles. The lowest BCUT2D eigenvalue weighted by atomic mass is 10.0. The molecule has 5 rings (SSSR count). The third-order valence-electron chi connectivity index (χ3n) is 6.58. The van der Waals surface area contributed by atoms with Crippen molar-refractivity contribution in [2.45, 2.75) is 31.3 Å². The Morgan fingerprint density at radius 3 is 2.62 bits per heavy atom. The number of nitrogens with one attached hydrogen (secondary N) is 2. The fraction of sp³-hybridized carbons (Fsp3) is 0.500. The van der Waals surface area contributed by atoms with Crippen molar-refractivity contribution < 1.29 is 23.8 Å². The number of aromatic carboxylic acids is 1. The first-order valence-corrected chi connectivity index (χ1v) is 10.8. The van der Waals surface area contributed by atoms with Crippen LogP contribution in [0.5, 0.6) is 5.75 Å². The summed E-state index contributed by atoms with van der Waals surface area (Å²) >= 11 is 0. The number of ether oxygens (including phenoxy) is 1. The highest BCUT2D eigenvalue weighted by atomic mass is 19.1. The smallest absolute Gasteiger partial charge is 0.341 e. The van der Waals surface area contributed by atoms with Crippen molar-refractivity contribution in [2.24, 2.45) is 5.92 Å². The van der Waals surface area contributed by atoms with E-state index in [4.69, 9.17) is 4.74 Å². The van der Waals surface area contributed by atoms with Crippen molar-refractivity contribution in [3.63, 3.8) is 0 Å². The number of nitrogens with zero attached hydrogens (tertiary/aromatic N) is 2. The summed E-state index contributed by atoms with van der Waals surface area (Å²) < 4.78 is 22.7. The van der Waals surface area contributed by atoms with Gasteiger partial charge in [0.1, 0.15) is 11.3 Å². The number of rotatable bonds is 6. The van der Waals surface area contributed by atoms with Crippen LogP contribution in [0.1, 0.15) is 35.7 Å². The van der Waals surface area contributed by atoms with Crippen LogP contribution in [0.15, 0.2) is 17.1 Å². The van der Waals surface area contributed by atoms with Gasteiger partial charge in [-0.1, -0.05) is 0 Å². The Labute approximate surface area is 183 Å². The fourth-order valence-electron chi connectivity index (χ4n) is 4.60. The van der Waals surface area contributed by atoms with Crippen LogP contribution in [0.4, 0.5) is 10.1 Å². The van der Waals surface area contributed by atoms with Crippen molar-refractivity contribution in [3.8, 4) is 5.75 Å². The van der Waals surface area contributed by atoms with Crippen molar-refractivity contribution in [1.29, 1.82) is 0 Å². The first kappa shape index (κ1) is 20.7. The number of pyridine rings is 1. The number of aromatic nitrogens is 1. The third-order valence-corrected chi connectivity index (χ3v) is 6.58. The molecule has 9 nitrogen and oxygen atoms in total. The molecule has 1 aromatic carbocycles. The van der Waals surface area contributed by atoms with Gasteiger partial charge in [0.05, 0.1) is 23.9 Å². The Kier molecular flexibility index (Phi) is 5.04. The van der Waals surface area contributed by atoms with Crippen LogP contribution in [-0.2, 0) is 4.79 Å². The van der Waals surface area contributed by atoms with Gasteiger partial charge < -0.3 is 29.9 Å². The summed E-state index contributed by atoms with van der Waals surface area (Å²) in [6.45, 7) is 2.29. The zero-order valence-corrected chi connectivity index (χ0v) is 17.7. The van der Waals surface area contributed by atoms with E-state index in [-0.39, 0.29) is 46.3 Å². The normalized spacial score (nSPS) is 20.9. The van der Waals surface area contributed by atoms with E-state index in [2.05, 4.69) is 10.6 Å². The van der Waals surface area contributed by atoms with Gasteiger partial charge in [0.15, 0.2) is 11.6 Å². The SMILES string of the molecule is COc1c(N2CCC(NC(=O)C3CNC3)C2)c(F)cc2c(=O)c(C(=O)O)cn(C3CC3)c12. The molecule has 1 saturated carbocycles. The minimum absolute atomic E-state index is 0.00330.